The van der Waals surface area contributed by atoms with Gasteiger partial charge in [-0.05, 0) is 24.7 Å². The zero-order valence-electron chi connectivity index (χ0n) is 9.32. The minimum absolute atomic E-state index is 0.0889. The third-order valence-electron chi connectivity index (χ3n) is 2.47. The molecule has 0 aliphatic heterocycles. The van der Waals surface area contributed by atoms with Gasteiger partial charge in [0.25, 0.3) is 0 Å². The molecule has 3 heteroatoms. The van der Waals surface area contributed by atoms with E-state index in [-0.39, 0.29) is 5.41 Å². The summed E-state index contributed by atoms with van der Waals surface area (Å²) in [5, 5.41) is 0. The molecule has 0 saturated carbocycles. The standard InChI is InChI=1S/C11H22Cl2O/c1-3-5-11(9-12,10-13)6-8-14-7-4-2/h3-10H2,1-2H3. The van der Waals surface area contributed by atoms with Crippen molar-refractivity contribution in [2.24, 2.45) is 5.41 Å². The molecule has 0 aliphatic carbocycles. The molecule has 0 bridgehead atoms. The first-order chi connectivity index (χ1) is 6.74. The Morgan fingerprint density at radius 2 is 1.57 bits per heavy atom. The van der Waals surface area contributed by atoms with Crippen LogP contribution in [-0.2, 0) is 4.74 Å². The second kappa shape index (κ2) is 8.82. The molecule has 0 aromatic rings. The van der Waals surface area contributed by atoms with E-state index in [1.165, 1.54) is 0 Å². The van der Waals surface area contributed by atoms with Crippen molar-refractivity contribution in [1.29, 1.82) is 0 Å². The van der Waals surface area contributed by atoms with Crippen LogP contribution in [0.1, 0.15) is 39.5 Å². The quantitative estimate of drug-likeness (QED) is 0.436. The Labute approximate surface area is 98.1 Å². The lowest BCUT2D eigenvalue weighted by Gasteiger charge is -2.29. The van der Waals surface area contributed by atoms with Crippen LogP contribution in [0.3, 0.4) is 0 Å². The van der Waals surface area contributed by atoms with Crippen molar-refractivity contribution >= 4 is 23.2 Å². The van der Waals surface area contributed by atoms with Gasteiger partial charge in [-0.25, -0.2) is 0 Å². The van der Waals surface area contributed by atoms with Crippen molar-refractivity contribution in [3.8, 4) is 0 Å². The van der Waals surface area contributed by atoms with E-state index in [2.05, 4.69) is 13.8 Å². The van der Waals surface area contributed by atoms with Crippen molar-refractivity contribution in [2.75, 3.05) is 25.0 Å². The summed E-state index contributed by atoms with van der Waals surface area (Å²) in [6.45, 7) is 5.91. The van der Waals surface area contributed by atoms with Gasteiger partial charge in [0.15, 0.2) is 0 Å². The van der Waals surface area contributed by atoms with E-state index < -0.39 is 0 Å². The fourth-order valence-electron chi connectivity index (χ4n) is 1.49. The van der Waals surface area contributed by atoms with Gasteiger partial charge >= 0.3 is 0 Å². The fraction of sp³-hybridized carbons (Fsp3) is 1.00. The first kappa shape index (κ1) is 14.5. The Hall–Kier alpha value is 0.540. The summed E-state index contributed by atoms with van der Waals surface area (Å²) in [6, 6.07) is 0. The van der Waals surface area contributed by atoms with E-state index in [0.29, 0.717) is 11.8 Å². The predicted octanol–water partition coefficient (Wildman–Crippen LogP) is 4.07. The van der Waals surface area contributed by atoms with Crippen LogP contribution in [0.15, 0.2) is 0 Å². The maximum atomic E-state index is 5.98. The van der Waals surface area contributed by atoms with Crippen LogP contribution in [0.25, 0.3) is 0 Å². The first-order valence-corrected chi connectivity index (χ1v) is 6.51. The topological polar surface area (TPSA) is 9.23 Å². The summed E-state index contributed by atoms with van der Waals surface area (Å²) in [6.07, 6.45) is 4.28. The van der Waals surface area contributed by atoms with Crippen molar-refractivity contribution in [1.82, 2.24) is 0 Å². The van der Waals surface area contributed by atoms with Crippen LogP contribution in [-0.4, -0.2) is 25.0 Å². The SMILES string of the molecule is CCCOCCC(CCl)(CCl)CCC. The van der Waals surface area contributed by atoms with E-state index >= 15 is 0 Å². The van der Waals surface area contributed by atoms with Gasteiger partial charge in [-0.15, -0.1) is 23.2 Å². The molecule has 0 unspecified atom stereocenters. The molecule has 0 rings (SSSR count). The highest BCUT2D eigenvalue weighted by molar-refractivity contribution is 6.21. The lowest BCUT2D eigenvalue weighted by Crippen LogP contribution is -2.27. The van der Waals surface area contributed by atoms with Gasteiger partial charge in [-0.2, -0.15) is 0 Å². The number of rotatable bonds is 9. The molecule has 86 valence electrons. The second-order valence-electron chi connectivity index (χ2n) is 3.88. The molecule has 0 N–H and O–H groups in total. The van der Waals surface area contributed by atoms with Gasteiger partial charge in [0.05, 0.1) is 0 Å². The van der Waals surface area contributed by atoms with Crippen LogP contribution in [0, 0.1) is 5.41 Å². The maximum Gasteiger partial charge on any atom is 0.0472 e. The largest absolute Gasteiger partial charge is 0.381 e. The third-order valence-corrected chi connectivity index (χ3v) is 3.61. The van der Waals surface area contributed by atoms with Crippen LogP contribution in [0.5, 0.6) is 0 Å². The monoisotopic (exact) mass is 240 g/mol. The number of hydrogen-bond donors (Lipinski definition) is 0. The van der Waals surface area contributed by atoms with Crippen molar-refractivity contribution in [2.45, 2.75) is 39.5 Å². The number of ether oxygens (including phenoxy) is 1. The molecule has 0 aliphatic rings. The van der Waals surface area contributed by atoms with Gasteiger partial charge in [0.2, 0.25) is 0 Å². The summed E-state index contributed by atoms with van der Waals surface area (Å²) in [5.41, 5.74) is 0.0889. The molecule has 0 amide bonds. The smallest absolute Gasteiger partial charge is 0.0472 e. The molecular weight excluding hydrogens is 219 g/mol. The van der Waals surface area contributed by atoms with E-state index in [0.717, 1.165) is 38.9 Å². The fourth-order valence-corrected chi connectivity index (χ4v) is 2.31. The van der Waals surface area contributed by atoms with E-state index in [1.54, 1.807) is 0 Å². The van der Waals surface area contributed by atoms with Gasteiger partial charge in [-0.1, -0.05) is 20.3 Å². The Kier molecular flexibility index (Phi) is 9.16. The third kappa shape index (κ3) is 5.43. The summed E-state index contributed by atoms with van der Waals surface area (Å²) in [5.74, 6) is 1.28. The molecule has 14 heavy (non-hydrogen) atoms. The minimum Gasteiger partial charge on any atom is -0.381 e. The summed E-state index contributed by atoms with van der Waals surface area (Å²) >= 11 is 12.0. The molecule has 1 nitrogen and oxygen atoms in total. The van der Waals surface area contributed by atoms with Crippen molar-refractivity contribution in [3.63, 3.8) is 0 Å². The summed E-state index contributed by atoms with van der Waals surface area (Å²) in [7, 11) is 0. The summed E-state index contributed by atoms with van der Waals surface area (Å²) < 4.78 is 5.47. The molecule has 0 radical (unpaired) electrons. The van der Waals surface area contributed by atoms with E-state index in [1.807, 2.05) is 0 Å². The molecule has 0 aromatic heterocycles. The molecule has 0 fully saturated rings. The zero-order valence-corrected chi connectivity index (χ0v) is 10.8. The average molecular weight is 241 g/mol. The zero-order chi connectivity index (χ0) is 10.9. The lowest BCUT2D eigenvalue weighted by molar-refractivity contribution is 0.103. The minimum atomic E-state index is 0.0889. The highest BCUT2D eigenvalue weighted by atomic mass is 35.5. The molecular formula is C11H22Cl2O. The Morgan fingerprint density at radius 1 is 0.929 bits per heavy atom. The Morgan fingerprint density at radius 3 is 2.00 bits per heavy atom. The molecule has 0 spiro atoms. The van der Waals surface area contributed by atoms with E-state index in [4.69, 9.17) is 27.9 Å². The highest BCUT2D eigenvalue weighted by Crippen LogP contribution is 2.31. The first-order valence-electron chi connectivity index (χ1n) is 5.44. The average Bonchev–Trinajstić information content (AvgIpc) is 2.23. The lowest BCUT2D eigenvalue weighted by atomic mass is 9.84. The van der Waals surface area contributed by atoms with Gasteiger partial charge in [0, 0.05) is 25.0 Å². The summed E-state index contributed by atoms with van der Waals surface area (Å²) in [4.78, 5) is 0. The van der Waals surface area contributed by atoms with E-state index in [9.17, 15) is 0 Å². The predicted molar refractivity (Wildman–Crippen MR) is 64.5 cm³/mol. The number of hydrogen-bond acceptors (Lipinski definition) is 1. The van der Waals surface area contributed by atoms with Crippen LogP contribution in [0.4, 0.5) is 0 Å². The molecule has 0 aromatic carbocycles. The second-order valence-corrected chi connectivity index (χ2v) is 4.41. The maximum absolute atomic E-state index is 5.98. The van der Waals surface area contributed by atoms with Crippen LogP contribution >= 0.6 is 23.2 Å². The van der Waals surface area contributed by atoms with Gasteiger partial charge in [0.1, 0.15) is 0 Å². The number of halogens is 2. The van der Waals surface area contributed by atoms with Gasteiger partial charge < -0.3 is 4.74 Å². The molecule has 0 atom stereocenters. The highest BCUT2D eigenvalue weighted by Gasteiger charge is 2.26. The number of alkyl halides is 2. The van der Waals surface area contributed by atoms with Gasteiger partial charge in [-0.3, -0.25) is 0 Å². The van der Waals surface area contributed by atoms with Crippen LogP contribution < -0.4 is 0 Å². The molecule has 0 heterocycles. The van der Waals surface area contributed by atoms with Crippen molar-refractivity contribution < 1.29 is 4.74 Å². The Balaban J connectivity index is 3.82. The van der Waals surface area contributed by atoms with Crippen molar-refractivity contribution in [3.05, 3.63) is 0 Å². The normalized spacial score (nSPS) is 12.0. The Bertz CT molecular complexity index is 124. The molecule has 0 saturated heterocycles. The van der Waals surface area contributed by atoms with Crippen LogP contribution in [0.2, 0.25) is 0 Å².